The molecule has 0 saturated heterocycles. The van der Waals surface area contributed by atoms with E-state index < -0.39 is 62.7 Å². The molecule has 1 heterocycles. The monoisotopic (exact) mass is 615 g/mol. The number of fused-ring (bicyclic) bond motifs is 1. The predicted octanol–water partition coefficient (Wildman–Crippen LogP) is 7.11. The molecule has 0 N–H and O–H groups in total. The number of rotatable bonds is 7. The van der Waals surface area contributed by atoms with Gasteiger partial charge in [0.2, 0.25) is 0 Å². The van der Waals surface area contributed by atoms with E-state index in [0.717, 1.165) is 35.7 Å². The van der Waals surface area contributed by atoms with E-state index in [4.69, 9.17) is 16.3 Å². The lowest BCUT2D eigenvalue weighted by molar-refractivity contribution is -0.141. The van der Waals surface area contributed by atoms with E-state index in [9.17, 15) is 30.8 Å². The number of nitrogens with zero attached hydrogens (tertiary/aromatic N) is 1. The highest BCUT2D eigenvalue weighted by atomic mass is 35.5. The molecule has 6 nitrogen and oxygen atoms in total. The quantitative estimate of drug-likeness (QED) is 0.161. The van der Waals surface area contributed by atoms with Crippen molar-refractivity contribution >= 4 is 44.9 Å². The van der Waals surface area contributed by atoms with Gasteiger partial charge >= 0.3 is 12.1 Å². The van der Waals surface area contributed by atoms with Crippen LogP contribution < -0.4 is 9.04 Å². The van der Waals surface area contributed by atoms with Crippen LogP contribution in [0.3, 0.4) is 0 Å². The van der Waals surface area contributed by atoms with Crippen molar-refractivity contribution in [1.82, 2.24) is 0 Å². The largest absolute Gasteiger partial charge is 0.483 e. The Bertz CT molecular complexity index is 1600. The van der Waals surface area contributed by atoms with Crippen LogP contribution in [0, 0.1) is 11.6 Å². The number of carbonyl (C=O) groups excluding carboxylic acids is 1. The van der Waals surface area contributed by atoms with Crippen LogP contribution in [0.1, 0.15) is 36.5 Å². The molecule has 0 amide bonds. The molecule has 1 unspecified atom stereocenters. The third-order valence-corrected chi connectivity index (χ3v) is 8.45. The van der Waals surface area contributed by atoms with Crippen LogP contribution >= 0.6 is 11.6 Å². The number of hydrogen-bond acceptors (Lipinski definition) is 5. The summed E-state index contributed by atoms with van der Waals surface area (Å²) in [7, 11) is -3.53. The summed E-state index contributed by atoms with van der Waals surface area (Å²) in [6, 6.07) is 9.53. The first-order valence-electron chi connectivity index (χ1n) is 12.1. The highest BCUT2D eigenvalue weighted by Crippen LogP contribution is 2.42. The first kappa shape index (κ1) is 30.3. The summed E-state index contributed by atoms with van der Waals surface area (Å²) in [5, 5.41) is 0.0997. The van der Waals surface area contributed by atoms with Gasteiger partial charge in [0.05, 0.1) is 34.8 Å². The zero-order valence-corrected chi connectivity index (χ0v) is 23.2. The number of methoxy groups -OCH3 is 1. The number of benzene rings is 3. The Balaban J connectivity index is 1.84. The average Bonchev–Trinajstić information content (AvgIpc) is 2.91. The second-order valence-corrected chi connectivity index (χ2v) is 11.5. The lowest BCUT2D eigenvalue weighted by Gasteiger charge is -2.36. The fourth-order valence-electron chi connectivity index (χ4n) is 4.39. The molecule has 218 valence electrons. The molecule has 0 fully saturated rings. The lowest BCUT2D eigenvalue weighted by atomic mass is 10.0. The topological polar surface area (TPSA) is 72.9 Å². The summed E-state index contributed by atoms with van der Waals surface area (Å²) in [4.78, 5) is 11.0. The zero-order chi connectivity index (χ0) is 30.1. The number of allylic oxidation sites excluding steroid dienone is 1. The smallest absolute Gasteiger partial charge is 0.416 e. The third-order valence-electron chi connectivity index (χ3n) is 6.36. The standard InChI is InChI=1S/C28H23ClF5NO5S/c1-16(26-21(29)7-4-8-22(26)30)11-17-12-23(31)27-24(13-17)35(15-19(40-27)9-10-25(36)39-2)41(37,38)20-6-3-5-18(14-20)28(32,33)34/h3-8,11-14,19H,9-10,15H2,1-2H3/b16-11+. The van der Waals surface area contributed by atoms with Crippen LogP contribution in [0.15, 0.2) is 59.5 Å². The molecule has 0 spiro atoms. The van der Waals surface area contributed by atoms with Gasteiger partial charge < -0.3 is 9.47 Å². The molecule has 4 rings (SSSR count). The Hall–Kier alpha value is -3.64. The minimum atomic E-state index is -4.81. The van der Waals surface area contributed by atoms with E-state index in [0.29, 0.717) is 11.6 Å². The fraction of sp³-hybridized carbons (Fsp3) is 0.250. The van der Waals surface area contributed by atoms with Gasteiger partial charge in [0.25, 0.3) is 10.0 Å². The predicted molar refractivity (Wildman–Crippen MR) is 143 cm³/mol. The van der Waals surface area contributed by atoms with Crippen molar-refractivity contribution in [3.05, 3.63) is 87.9 Å². The third kappa shape index (κ3) is 6.48. The molecule has 0 aliphatic carbocycles. The molecule has 41 heavy (non-hydrogen) atoms. The van der Waals surface area contributed by atoms with E-state index in [1.165, 1.54) is 37.3 Å². The zero-order valence-electron chi connectivity index (χ0n) is 21.6. The van der Waals surface area contributed by atoms with Gasteiger partial charge in [0.15, 0.2) is 11.6 Å². The molecule has 1 atom stereocenters. The van der Waals surface area contributed by atoms with E-state index in [1.807, 2.05) is 0 Å². The van der Waals surface area contributed by atoms with Gasteiger partial charge in [-0.1, -0.05) is 29.8 Å². The van der Waals surface area contributed by atoms with Gasteiger partial charge in [-0.25, -0.2) is 17.2 Å². The first-order chi connectivity index (χ1) is 19.2. The van der Waals surface area contributed by atoms with Gasteiger partial charge in [-0.2, -0.15) is 13.2 Å². The molecular formula is C28H23ClF5NO5S. The lowest BCUT2D eigenvalue weighted by Crippen LogP contribution is -2.44. The Kier molecular flexibility index (Phi) is 8.65. The summed E-state index contributed by atoms with van der Waals surface area (Å²) in [5.74, 6) is -2.70. The number of ether oxygens (including phenoxy) is 2. The van der Waals surface area contributed by atoms with Gasteiger partial charge in [-0.3, -0.25) is 9.10 Å². The number of carbonyl (C=O) groups is 1. The van der Waals surface area contributed by atoms with Crippen molar-refractivity contribution in [2.75, 3.05) is 18.0 Å². The van der Waals surface area contributed by atoms with E-state index in [-0.39, 0.29) is 34.7 Å². The minimum absolute atomic E-state index is 0.0554. The summed E-state index contributed by atoms with van der Waals surface area (Å²) in [6.07, 6.45) is -4.71. The number of hydrogen-bond donors (Lipinski definition) is 0. The van der Waals surface area contributed by atoms with Crippen molar-refractivity contribution in [2.45, 2.75) is 36.9 Å². The average molecular weight is 616 g/mol. The molecule has 0 bridgehead atoms. The number of sulfonamides is 1. The van der Waals surface area contributed by atoms with E-state index in [2.05, 4.69) is 4.74 Å². The maximum Gasteiger partial charge on any atom is 0.416 e. The summed E-state index contributed by atoms with van der Waals surface area (Å²) < 4.78 is 109. The molecule has 1 aliphatic rings. The summed E-state index contributed by atoms with van der Waals surface area (Å²) in [5.41, 5.74) is -1.00. The summed E-state index contributed by atoms with van der Waals surface area (Å²) in [6.45, 7) is 1.09. The van der Waals surface area contributed by atoms with Crippen LogP contribution in [0.2, 0.25) is 5.02 Å². The van der Waals surface area contributed by atoms with Gasteiger partial charge in [-0.05, 0) is 66.9 Å². The number of halogens is 6. The van der Waals surface area contributed by atoms with Gasteiger partial charge in [-0.15, -0.1) is 0 Å². The second-order valence-electron chi connectivity index (χ2n) is 9.19. The van der Waals surface area contributed by atoms with Crippen molar-refractivity contribution in [1.29, 1.82) is 0 Å². The van der Waals surface area contributed by atoms with Gasteiger partial charge in [0.1, 0.15) is 11.9 Å². The minimum Gasteiger partial charge on any atom is -0.483 e. The van der Waals surface area contributed by atoms with Crippen LogP contribution in [0.5, 0.6) is 5.75 Å². The Morgan fingerprint density at radius 3 is 2.49 bits per heavy atom. The van der Waals surface area contributed by atoms with Gasteiger partial charge in [0, 0.05) is 12.0 Å². The molecular weight excluding hydrogens is 593 g/mol. The van der Waals surface area contributed by atoms with Crippen molar-refractivity contribution < 1.29 is 44.6 Å². The maximum atomic E-state index is 15.4. The Morgan fingerprint density at radius 1 is 1.12 bits per heavy atom. The SMILES string of the molecule is COC(=O)CCC1CN(S(=O)(=O)c2cccc(C(F)(F)F)c2)c2cc(/C=C(\C)c3c(F)cccc3Cl)cc(F)c2O1. The first-order valence-corrected chi connectivity index (χ1v) is 13.9. The molecule has 1 aliphatic heterocycles. The van der Waals surface area contributed by atoms with Crippen molar-refractivity contribution in [2.24, 2.45) is 0 Å². The van der Waals surface area contributed by atoms with E-state index >= 15 is 4.39 Å². The number of anilines is 1. The number of alkyl halides is 3. The molecule has 3 aromatic carbocycles. The van der Waals surface area contributed by atoms with Crippen LogP contribution in [-0.2, 0) is 25.7 Å². The van der Waals surface area contributed by atoms with Crippen molar-refractivity contribution in [3.8, 4) is 5.75 Å². The molecule has 3 aromatic rings. The highest BCUT2D eigenvalue weighted by Gasteiger charge is 2.38. The fourth-order valence-corrected chi connectivity index (χ4v) is 6.24. The Morgan fingerprint density at radius 2 is 1.83 bits per heavy atom. The Labute approximate surface area is 238 Å². The number of esters is 1. The molecule has 0 radical (unpaired) electrons. The second kappa shape index (κ2) is 11.7. The normalized spacial score (nSPS) is 15.8. The van der Waals surface area contributed by atoms with Crippen LogP contribution in [-0.4, -0.2) is 34.1 Å². The van der Waals surface area contributed by atoms with Crippen LogP contribution in [0.4, 0.5) is 27.6 Å². The molecule has 0 aromatic heterocycles. The highest BCUT2D eigenvalue weighted by molar-refractivity contribution is 7.92. The van der Waals surface area contributed by atoms with Crippen LogP contribution in [0.25, 0.3) is 11.6 Å². The summed E-state index contributed by atoms with van der Waals surface area (Å²) >= 11 is 6.14. The maximum absolute atomic E-state index is 15.4. The van der Waals surface area contributed by atoms with Crippen molar-refractivity contribution in [3.63, 3.8) is 0 Å². The molecule has 0 saturated carbocycles. The van der Waals surface area contributed by atoms with E-state index in [1.54, 1.807) is 0 Å². The molecule has 13 heteroatoms.